The number of nitrogens with one attached hydrogen (secondary N) is 1. The number of rotatable bonds is 4. The smallest absolute Gasteiger partial charge is 0.260 e. The zero-order valence-electron chi connectivity index (χ0n) is 15.2. The number of anilines is 1. The Morgan fingerprint density at radius 3 is 2.64 bits per heavy atom. The van der Waals surface area contributed by atoms with Gasteiger partial charge in [0.2, 0.25) is 0 Å². The van der Waals surface area contributed by atoms with Crippen molar-refractivity contribution in [2.24, 2.45) is 0 Å². The lowest BCUT2D eigenvalue weighted by molar-refractivity contribution is 0.102. The number of methoxy groups -OCH3 is 2. The molecular weight excluding hydrogens is 338 g/mol. The van der Waals surface area contributed by atoms with Gasteiger partial charge in [0.15, 0.2) is 11.5 Å². The van der Waals surface area contributed by atoms with E-state index in [-0.39, 0.29) is 11.4 Å². The van der Waals surface area contributed by atoms with Gasteiger partial charge >= 0.3 is 0 Å². The number of para-hydroxylation sites is 1. The Hall–Kier alpha value is -2.15. The van der Waals surface area contributed by atoms with Crippen LogP contribution in [0, 0.1) is 0 Å². The molecule has 1 N–H and O–H groups in total. The number of thioether (sulfide) groups is 1. The maximum absolute atomic E-state index is 12.9. The lowest BCUT2D eigenvalue weighted by Crippen LogP contribution is -2.27. The first-order valence-corrected chi connectivity index (χ1v) is 9.23. The van der Waals surface area contributed by atoms with Gasteiger partial charge in [-0.15, -0.1) is 0 Å². The molecule has 6 nitrogen and oxygen atoms in total. The van der Waals surface area contributed by atoms with E-state index in [9.17, 15) is 4.79 Å². The number of fused-ring (bicyclic) bond motifs is 1. The number of carbonyl (C=O) groups is 1. The maximum Gasteiger partial charge on any atom is 0.260 e. The molecule has 0 bridgehead atoms. The van der Waals surface area contributed by atoms with Gasteiger partial charge in [0.1, 0.15) is 5.82 Å². The van der Waals surface area contributed by atoms with E-state index in [1.165, 1.54) is 7.11 Å². The highest BCUT2D eigenvalue weighted by molar-refractivity contribution is 7.98. The molecule has 1 aromatic heterocycles. The van der Waals surface area contributed by atoms with E-state index in [4.69, 9.17) is 14.6 Å². The molecule has 25 heavy (non-hydrogen) atoms. The second-order valence-electron chi connectivity index (χ2n) is 6.84. The fourth-order valence-electron chi connectivity index (χ4n) is 2.87. The van der Waals surface area contributed by atoms with E-state index >= 15 is 0 Å². The van der Waals surface area contributed by atoms with Gasteiger partial charge in [-0.25, -0.2) is 4.68 Å². The molecular formula is C18H23N3O3S. The summed E-state index contributed by atoms with van der Waals surface area (Å²) in [5.41, 5.74) is 2.36. The average molecular weight is 361 g/mol. The zero-order chi connectivity index (χ0) is 18.2. The van der Waals surface area contributed by atoms with Crippen molar-refractivity contribution in [2.45, 2.75) is 37.8 Å². The van der Waals surface area contributed by atoms with Crippen LogP contribution in [0.3, 0.4) is 0 Å². The number of hydrogen-bond acceptors (Lipinski definition) is 5. The third kappa shape index (κ3) is 3.20. The quantitative estimate of drug-likeness (QED) is 0.900. The van der Waals surface area contributed by atoms with Crippen molar-refractivity contribution < 1.29 is 14.3 Å². The van der Waals surface area contributed by atoms with Crippen molar-refractivity contribution in [1.29, 1.82) is 0 Å². The predicted octanol–water partition coefficient (Wildman–Crippen LogP) is 3.65. The van der Waals surface area contributed by atoms with Crippen LogP contribution in [0.2, 0.25) is 0 Å². The number of carbonyl (C=O) groups excluding carboxylic acids is 1. The van der Waals surface area contributed by atoms with Gasteiger partial charge < -0.3 is 14.8 Å². The SMILES string of the molecule is COc1cccc(C(=O)Nc2c3c(nn2C(C)(C)C)CSC3)c1OC. The van der Waals surface area contributed by atoms with Crippen LogP contribution in [0.4, 0.5) is 5.82 Å². The van der Waals surface area contributed by atoms with Gasteiger partial charge in [-0.3, -0.25) is 4.79 Å². The van der Waals surface area contributed by atoms with Crippen LogP contribution >= 0.6 is 11.8 Å². The fraction of sp³-hybridized carbons (Fsp3) is 0.444. The minimum atomic E-state index is -0.235. The number of nitrogens with zero attached hydrogens (tertiary/aromatic N) is 2. The van der Waals surface area contributed by atoms with Gasteiger partial charge in [-0.05, 0) is 32.9 Å². The van der Waals surface area contributed by atoms with Crippen molar-refractivity contribution in [3.8, 4) is 11.5 Å². The highest BCUT2D eigenvalue weighted by Crippen LogP contribution is 2.38. The number of hydrogen-bond donors (Lipinski definition) is 1. The fourth-order valence-corrected chi connectivity index (χ4v) is 3.90. The van der Waals surface area contributed by atoms with E-state index < -0.39 is 0 Å². The Balaban J connectivity index is 2.00. The molecule has 2 heterocycles. The molecule has 0 saturated heterocycles. The third-order valence-electron chi connectivity index (χ3n) is 4.07. The molecule has 1 aliphatic rings. The van der Waals surface area contributed by atoms with Gasteiger partial charge in [-0.2, -0.15) is 16.9 Å². The molecule has 7 heteroatoms. The van der Waals surface area contributed by atoms with Crippen molar-refractivity contribution >= 4 is 23.5 Å². The highest BCUT2D eigenvalue weighted by atomic mass is 32.2. The lowest BCUT2D eigenvalue weighted by atomic mass is 10.1. The summed E-state index contributed by atoms with van der Waals surface area (Å²) in [6.07, 6.45) is 0. The van der Waals surface area contributed by atoms with Crippen LogP contribution in [0.1, 0.15) is 42.4 Å². The Morgan fingerprint density at radius 1 is 1.24 bits per heavy atom. The summed E-state index contributed by atoms with van der Waals surface area (Å²) in [5.74, 6) is 3.22. The molecule has 0 atom stereocenters. The Bertz CT molecular complexity index is 809. The van der Waals surface area contributed by atoms with Gasteiger partial charge in [-0.1, -0.05) is 6.07 Å². The van der Waals surface area contributed by atoms with Crippen molar-refractivity contribution in [3.05, 3.63) is 35.0 Å². The molecule has 3 rings (SSSR count). The molecule has 134 valence electrons. The molecule has 0 spiro atoms. The average Bonchev–Trinajstić information content (AvgIpc) is 3.16. The first-order valence-electron chi connectivity index (χ1n) is 8.08. The second-order valence-corrected chi connectivity index (χ2v) is 7.83. The molecule has 0 saturated carbocycles. The predicted molar refractivity (Wildman–Crippen MR) is 99.7 cm³/mol. The minimum absolute atomic E-state index is 0.226. The van der Waals surface area contributed by atoms with Crippen LogP contribution in [0.15, 0.2) is 18.2 Å². The Labute approximate surface area is 151 Å². The van der Waals surface area contributed by atoms with Crippen LogP contribution < -0.4 is 14.8 Å². The zero-order valence-corrected chi connectivity index (χ0v) is 16.0. The molecule has 2 aromatic rings. The largest absolute Gasteiger partial charge is 0.493 e. The summed E-state index contributed by atoms with van der Waals surface area (Å²) < 4.78 is 12.6. The molecule has 0 aliphatic carbocycles. The summed E-state index contributed by atoms with van der Waals surface area (Å²) in [5, 5.41) is 7.76. The van der Waals surface area contributed by atoms with Crippen molar-refractivity contribution in [2.75, 3.05) is 19.5 Å². The van der Waals surface area contributed by atoms with Gasteiger partial charge in [0, 0.05) is 17.1 Å². The maximum atomic E-state index is 12.9. The van der Waals surface area contributed by atoms with E-state index in [1.54, 1.807) is 25.3 Å². The van der Waals surface area contributed by atoms with Crippen LogP contribution in [0.5, 0.6) is 11.5 Å². The molecule has 1 amide bonds. The number of benzene rings is 1. The van der Waals surface area contributed by atoms with E-state index in [0.29, 0.717) is 17.1 Å². The lowest BCUT2D eigenvalue weighted by Gasteiger charge is -2.23. The van der Waals surface area contributed by atoms with Crippen LogP contribution in [0.25, 0.3) is 0 Å². The summed E-state index contributed by atoms with van der Waals surface area (Å²) in [7, 11) is 3.08. The summed E-state index contributed by atoms with van der Waals surface area (Å²) in [6, 6.07) is 5.27. The van der Waals surface area contributed by atoms with Crippen LogP contribution in [-0.4, -0.2) is 29.9 Å². The van der Waals surface area contributed by atoms with Crippen LogP contribution in [-0.2, 0) is 17.0 Å². The number of ether oxygens (including phenoxy) is 2. The Morgan fingerprint density at radius 2 is 2.00 bits per heavy atom. The minimum Gasteiger partial charge on any atom is -0.493 e. The first kappa shape index (κ1) is 17.7. The highest BCUT2D eigenvalue weighted by Gasteiger charge is 2.29. The third-order valence-corrected chi connectivity index (χ3v) is 5.04. The molecule has 1 aliphatic heterocycles. The molecule has 0 fully saturated rings. The molecule has 0 radical (unpaired) electrons. The van der Waals surface area contributed by atoms with Gasteiger partial charge in [0.05, 0.1) is 31.0 Å². The molecule has 0 unspecified atom stereocenters. The number of aromatic nitrogens is 2. The molecule has 1 aromatic carbocycles. The summed E-state index contributed by atoms with van der Waals surface area (Å²) in [4.78, 5) is 12.9. The standard InChI is InChI=1S/C18H23N3O3S/c1-18(2,3)21-16(12-9-25-10-13(12)20-21)19-17(22)11-7-6-8-14(23-4)15(11)24-5/h6-8H,9-10H2,1-5H3,(H,19,22). The monoisotopic (exact) mass is 361 g/mol. The van der Waals surface area contributed by atoms with E-state index in [2.05, 4.69) is 26.1 Å². The van der Waals surface area contributed by atoms with E-state index in [0.717, 1.165) is 28.6 Å². The summed E-state index contributed by atoms with van der Waals surface area (Å²) in [6.45, 7) is 6.22. The number of amides is 1. The second kappa shape index (κ2) is 6.63. The van der Waals surface area contributed by atoms with Crippen molar-refractivity contribution in [1.82, 2.24) is 9.78 Å². The van der Waals surface area contributed by atoms with Crippen molar-refractivity contribution in [3.63, 3.8) is 0 Å². The topological polar surface area (TPSA) is 65.4 Å². The first-order chi connectivity index (χ1) is 11.9. The Kier molecular flexibility index (Phi) is 4.69. The summed E-state index contributed by atoms with van der Waals surface area (Å²) >= 11 is 1.81. The van der Waals surface area contributed by atoms with Gasteiger partial charge in [0.25, 0.3) is 5.91 Å². The normalized spacial score (nSPS) is 13.5. The van der Waals surface area contributed by atoms with E-state index in [1.807, 2.05) is 16.4 Å².